The van der Waals surface area contributed by atoms with E-state index >= 15 is 0 Å². The second kappa shape index (κ2) is 8.24. The first-order chi connectivity index (χ1) is 14.1. The predicted molar refractivity (Wildman–Crippen MR) is 108 cm³/mol. The molecule has 0 unspecified atom stereocenters. The van der Waals surface area contributed by atoms with Gasteiger partial charge in [-0.05, 0) is 24.3 Å². The SMILES string of the molecule is O=C(Cn1ncc2ccccc2c1=O)Nc1cccc(C(=O)N2CCOCC2)c1. The molecule has 29 heavy (non-hydrogen) atoms. The number of hydrogen-bond donors (Lipinski definition) is 1. The number of carbonyl (C=O) groups is 2. The number of anilines is 1. The second-order valence-electron chi connectivity index (χ2n) is 6.73. The van der Waals surface area contributed by atoms with E-state index in [9.17, 15) is 14.4 Å². The summed E-state index contributed by atoms with van der Waals surface area (Å²) in [7, 11) is 0. The third-order valence-electron chi connectivity index (χ3n) is 4.75. The largest absolute Gasteiger partial charge is 0.378 e. The first-order valence-corrected chi connectivity index (χ1v) is 9.33. The van der Waals surface area contributed by atoms with Crippen LogP contribution in [-0.4, -0.2) is 52.8 Å². The van der Waals surface area contributed by atoms with Gasteiger partial charge in [-0.2, -0.15) is 5.10 Å². The lowest BCUT2D eigenvalue weighted by molar-refractivity contribution is -0.117. The lowest BCUT2D eigenvalue weighted by Crippen LogP contribution is -2.40. The third-order valence-corrected chi connectivity index (χ3v) is 4.75. The van der Waals surface area contributed by atoms with E-state index in [1.807, 2.05) is 6.07 Å². The van der Waals surface area contributed by atoms with Crippen LogP contribution in [0.3, 0.4) is 0 Å². The van der Waals surface area contributed by atoms with Crippen molar-refractivity contribution in [3.8, 4) is 0 Å². The zero-order valence-electron chi connectivity index (χ0n) is 15.7. The molecule has 0 spiro atoms. The van der Waals surface area contributed by atoms with Crippen molar-refractivity contribution in [3.63, 3.8) is 0 Å². The van der Waals surface area contributed by atoms with Crippen molar-refractivity contribution in [3.05, 3.63) is 70.6 Å². The van der Waals surface area contributed by atoms with Crippen molar-refractivity contribution in [2.45, 2.75) is 6.54 Å². The van der Waals surface area contributed by atoms with Gasteiger partial charge in [0.15, 0.2) is 0 Å². The molecule has 1 saturated heterocycles. The Kier molecular flexibility index (Phi) is 5.35. The summed E-state index contributed by atoms with van der Waals surface area (Å²) in [5, 5.41) is 8.03. The zero-order chi connectivity index (χ0) is 20.2. The van der Waals surface area contributed by atoms with E-state index in [1.165, 1.54) is 0 Å². The van der Waals surface area contributed by atoms with Crippen LogP contribution in [0.25, 0.3) is 10.8 Å². The standard InChI is InChI=1S/C21H20N4O4/c26-19(14-25-21(28)18-7-2-1-4-16(18)13-22-25)23-17-6-3-5-15(12-17)20(27)24-8-10-29-11-9-24/h1-7,12-13H,8-11,14H2,(H,23,26). The van der Waals surface area contributed by atoms with Gasteiger partial charge in [-0.3, -0.25) is 14.4 Å². The molecule has 1 aromatic heterocycles. The normalized spacial score (nSPS) is 14.0. The molecule has 1 aliphatic rings. The fourth-order valence-electron chi connectivity index (χ4n) is 3.26. The molecule has 148 valence electrons. The highest BCUT2D eigenvalue weighted by atomic mass is 16.5. The third kappa shape index (κ3) is 4.17. The van der Waals surface area contributed by atoms with Crippen LogP contribution < -0.4 is 10.9 Å². The molecule has 0 atom stereocenters. The molecule has 2 amide bonds. The van der Waals surface area contributed by atoms with Gasteiger partial charge in [0, 0.05) is 29.7 Å². The smallest absolute Gasteiger partial charge is 0.275 e. The molecule has 2 aromatic carbocycles. The van der Waals surface area contributed by atoms with Crippen molar-refractivity contribution < 1.29 is 14.3 Å². The summed E-state index contributed by atoms with van der Waals surface area (Å²) in [6.45, 7) is 1.93. The predicted octanol–water partition coefficient (Wildman–Crippen LogP) is 1.51. The van der Waals surface area contributed by atoms with Crippen LogP contribution in [0.5, 0.6) is 0 Å². The van der Waals surface area contributed by atoms with Crippen LogP contribution in [-0.2, 0) is 16.1 Å². The minimum absolute atomic E-state index is 0.100. The molecule has 1 fully saturated rings. The molecular weight excluding hydrogens is 372 g/mol. The quantitative estimate of drug-likeness (QED) is 0.726. The summed E-state index contributed by atoms with van der Waals surface area (Å²) >= 11 is 0. The number of nitrogens with one attached hydrogen (secondary N) is 1. The maximum atomic E-state index is 12.6. The number of carbonyl (C=O) groups excluding carboxylic acids is 2. The van der Waals surface area contributed by atoms with E-state index in [2.05, 4.69) is 10.4 Å². The van der Waals surface area contributed by atoms with E-state index in [1.54, 1.807) is 53.6 Å². The van der Waals surface area contributed by atoms with Crippen LogP contribution >= 0.6 is 0 Å². The highest BCUT2D eigenvalue weighted by molar-refractivity contribution is 5.97. The van der Waals surface area contributed by atoms with Crippen molar-refractivity contribution in [1.29, 1.82) is 0 Å². The fourth-order valence-corrected chi connectivity index (χ4v) is 3.26. The van der Waals surface area contributed by atoms with Gasteiger partial charge in [0.05, 0.1) is 24.8 Å². The first kappa shape index (κ1) is 18.8. The summed E-state index contributed by atoms with van der Waals surface area (Å²) in [4.78, 5) is 39.3. The van der Waals surface area contributed by atoms with E-state index in [0.717, 1.165) is 10.1 Å². The Hall–Kier alpha value is -3.52. The lowest BCUT2D eigenvalue weighted by atomic mass is 10.1. The molecule has 4 rings (SSSR count). The Labute approximate surface area is 166 Å². The van der Waals surface area contributed by atoms with E-state index in [-0.39, 0.29) is 18.0 Å². The number of fused-ring (bicyclic) bond motifs is 1. The number of aromatic nitrogens is 2. The Balaban J connectivity index is 1.47. The van der Waals surface area contributed by atoms with Gasteiger partial charge in [-0.25, -0.2) is 4.68 Å². The van der Waals surface area contributed by atoms with Gasteiger partial charge >= 0.3 is 0 Å². The highest BCUT2D eigenvalue weighted by Crippen LogP contribution is 2.14. The van der Waals surface area contributed by atoms with Gasteiger partial charge in [0.25, 0.3) is 11.5 Å². The first-order valence-electron chi connectivity index (χ1n) is 9.33. The average Bonchev–Trinajstić information content (AvgIpc) is 2.76. The van der Waals surface area contributed by atoms with Gasteiger partial charge < -0.3 is 15.0 Å². The van der Waals surface area contributed by atoms with Crippen LogP contribution in [0.2, 0.25) is 0 Å². The summed E-state index contributed by atoms with van der Waals surface area (Å²) in [6, 6.07) is 13.8. The Morgan fingerprint density at radius 1 is 1.07 bits per heavy atom. The number of nitrogens with zero attached hydrogens (tertiary/aromatic N) is 3. The summed E-state index contributed by atoms with van der Waals surface area (Å²) in [5.74, 6) is -0.498. The molecule has 0 radical (unpaired) electrons. The molecule has 8 heteroatoms. The van der Waals surface area contributed by atoms with Crippen molar-refractivity contribution in [2.75, 3.05) is 31.6 Å². The molecule has 0 aliphatic carbocycles. The van der Waals surface area contributed by atoms with Crippen molar-refractivity contribution in [1.82, 2.24) is 14.7 Å². The minimum atomic E-state index is -0.397. The summed E-state index contributed by atoms with van der Waals surface area (Å²) in [6.07, 6.45) is 1.56. The van der Waals surface area contributed by atoms with Crippen molar-refractivity contribution in [2.24, 2.45) is 0 Å². The van der Waals surface area contributed by atoms with Crippen molar-refractivity contribution >= 4 is 28.3 Å². The highest BCUT2D eigenvalue weighted by Gasteiger charge is 2.19. The molecule has 0 bridgehead atoms. The maximum absolute atomic E-state index is 12.6. The molecule has 1 N–H and O–H groups in total. The van der Waals surface area contributed by atoms with Crippen LogP contribution in [0.4, 0.5) is 5.69 Å². The number of morpholine rings is 1. The summed E-state index contributed by atoms with van der Waals surface area (Å²) < 4.78 is 6.40. The number of rotatable bonds is 4. The minimum Gasteiger partial charge on any atom is -0.378 e. The number of amides is 2. The molecule has 1 aliphatic heterocycles. The molecular formula is C21H20N4O4. The van der Waals surface area contributed by atoms with Crippen LogP contribution in [0.15, 0.2) is 59.5 Å². The van der Waals surface area contributed by atoms with Gasteiger partial charge in [-0.15, -0.1) is 0 Å². The van der Waals surface area contributed by atoms with E-state index in [4.69, 9.17) is 4.74 Å². The van der Waals surface area contributed by atoms with Gasteiger partial charge in [0.1, 0.15) is 6.54 Å². The van der Waals surface area contributed by atoms with Crippen LogP contribution in [0.1, 0.15) is 10.4 Å². The monoisotopic (exact) mass is 392 g/mol. The second-order valence-corrected chi connectivity index (χ2v) is 6.73. The topological polar surface area (TPSA) is 93.5 Å². The number of hydrogen-bond acceptors (Lipinski definition) is 5. The Morgan fingerprint density at radius 2 is 1.86 bits per heavy atom. The maximum Gasteiger partial charge on any atom is 0.275 e. The molecule has 0 saturated carbocycles. The average molecular weight is 392 g/mol. The van der Waals surface area contributed by atoms with E-state index in [0.29, 0.717) is 42.9 Å². The van der Waals surface area contributed by atoms with Gasteiger partial charge in [-0.1, -0.05) is 24.3 Å². The number of ether oxygens (including phenoxy) is 1. The van der Waals surface area contributed by atoms with Gasteiger partial charge in [0.2, 0.25) is 5.91 Å². The summed E-state index contributed by atoms with van der Waals surface area (Å²) in [5.41, 5.74) is 0.656. The Bertz CT molecular complexity index is 1120. The lowest BCUT2D eigenvalue weighted by Gasteiger charge is -2.27. The fraction of sp³-hybridized carbons (Fsp3) is 0.238. The zero-order valence-corrected chi connectivity index (χ0v) is 15.7. The Morgan fingerprint density at radius 3 is 2.69 bits per heavy atom. The van der Waals surface area contributed by atoms with Crippen LogP contribution in [0, 0.1) is 0 Å². The number of benzene rings is 2. The van der Waals surface area contributed by atoms with E-state index < -0.39 is 5.91 Å². The molecule has 3 aromatic rings. The molecule has 2 heterocycles. The molecule has 8 nitrogen and oxygen atoms in total.